The lowest BCUT2D eigenvalue weighted by atomic mass is 10.1. The number of Topliss-reactive ketones (excluding diaryl/α,β-unsaturated/α-hetero) is 1. The fourth-order valence-electron chi connectivity index (χ4n) is 1.54. The molecule has 19 heavy (non-hydrogen) atoms. The summed E-state index contributed by atoms with van der Waals surface area (Å²) in [5, 5.41) is 10.7. The molecule has 0 saturated heterocycles. The molecule has 0 unspecified atom stereocenters. The van der Waals surface area contributed by atoms with Crippen LogP contribution in [0.3, 0.4) is 0 Å². The van der Waals surface area contributed by atoms with Gasteiger partial charge in [-0.3, -0.25) is 4.79 Å². The van der Waals surface area contributed by atoms with Crippen LogP contribution in [0.5, 0.6) is 5.75 Å². The first-order valence-electron chi connectivity index (χ1n) is 5.64. The van der Waals surface area contributed by atoms with E-state index < -0.39 is 0 Å². The summed E-state index contributed by atoms with van der Waals surface area (Å²) in [4.78, 5) is 15.6. The number of benzene rings is 1. The van der Waals surface area contributed by atoms with E-state index in [-0.39, 0.29) is 11.5 Å². The van der Waals surface area contributed by atoms with Crippen molar-refractivity contribution in [1.82, 2.24) is 4.98 Å². The second kappa shape index (κ2) is 6.21. The SMILES string of the molecule is CC(=O)c1ccc(O)c(CSc2ncccc2Br)c1. The smallest absolute Gasteiger partial charge is 0.159 e. The number of aromatic nitrogens is 1. The zero-order valence-corrected chi connectivity index (χ0v) is 12.7. The Morgan fingerprint density at radius 1 is 1.42 bits per heavy atom. The molecule has 0 aliphatic heterocycles. The van der Waals surface area contributed by atoms with Crippen molar-refractivity contribution in [2.24, 2.45) is 0 Å². The third-order valence-corrected chi connectivity index (χ3v) is 4.53. The second-order valence-electron chi connectivity index (χ2n) is 3.98. The molecule has 0 radical (unpaired) electrons. The predicted octanol–water partition coefficient (Wildman–Crippen LogP) is 4.04. The number of rotatable bonds is 4. The number of phenols is 1. The Balaban J connectivity index is 2.17. The minimum Gasteiger partial charge on any atom is -0.508 e. The highest BCUT2D eigenvalue weighted by Gasteiger charge is 2.08. The average Bonchev–Trinajstić information content (AvgIpc) is 2.39. The van der Waals surface area contributed by atoms with E-state index in [0.717, 1.165) is 15.1 Å². The van der Waals surface area contributed by atoms with E-state index in [1.807, 2.05) is 12.1 Å². The average molecular weight is 338 g/mol. The molecular weight excluding hydrogens is 326 g/mol. The molecule has 1 heterocycles. The maximum atomic E-state index is 11.3. The van der Waals surface area contributed by atoms with Crippen LogP contribution in [0, 0.1) is 0 Å². The fraction of sp³-hybridized carbons (Fsp3) is 0.143. The van der Waals surface area contributed by atoms with Crippen molar-refractivity contribution in [3.05, 3.63) is 52.1 Å². The standard InChI is InChI=1S/C14H12BrNO2S/c1-9(17)10-4-5-13(18)11(7-10)8-19-14-12(15)3-2-6-16-14/h2-7,18H,8H2,1H3. The summed E-state index contributed by atoms with van der Waals surface area (Å²) in [6.45, 7) is 1.51. The molecule has 2 aromatic rings. The number of phenolic OH excluding ortho intramolecular Hbond substituents is 1. The molecule has 0 aliphatic rings. The molecule has 2 rings (SSSR count). The summed E-state index contributed by atoms with van der Waals surface area (Å²) in [5.41, 5.74) is 1.34. The van der Waals surface area contributed by atoms with Crippen molar-refractivity contribution in [3.63, 3.8) is 0 Å². The van der Waals surface area contributed by atoms with Gasteiger partial charge in [-0.2, -0.15) is 0 Å². The molecule has 0 aliphatic carbocycles. The van der Waals surface area contributed by atoms with E-state index >= 15 is 0 Å². The van der Waals surface area contributed by atoms with Gasteiger partial charge in [-0.15, -0.1) is 11.8 Å². The lowest BCUT2D eigenvalue weighted by Crippen LogP contribution is -1.94. The number of nitrogens with zero attached hydrogens (tertiary/aromatic N) is 1. The normalized spacial score (nSPS) is 10.4. The Labute approximate surface area is 124 Å². The molecule has 0 spiro atoms. The van der Waals surface area contributed by atoms with Gasteiger partial charge >= 0.3 is 0 Å². The zero-order chi connectivity index (χ0) is 13.8. The quantitative estimate of drug-likeness (QED) is 0.675. The number of ketones is 1. The van der Waals surface area contributed by atoms with Crippen LogP contribution in [0.4, 0.5) is 0 Å². The monoisotopic (exact) mass is 337 g/mol. The zero-order valence-electron chi connectivity index (χ0n) is 10.3. The maximum absolute atomic E-state index is 11.3. The number of hydrogen-bond acceptors (Lipinski definition) is 4. The summed E-state index contributed by atoms with van der Waals surface area (Å²) in [6.07, 6.45) is 1.72. The number of aromatic hydroxyl groups is 1. The van der Waals surface area contributed by atoms with Crippen molar-refractivity contribution in [1.29, 1.82) is 0 Å². The van der Waals surface area contributed by atoms with Crippen molar-refractivity contribution in [2.45, 2.75) is 17.7 Å². The highest BCUT2D eigenvalue weighted by molar-refractivity contribution is 9.10. The van der Waals surface area contributed by atoms with Gasteiger partial charge in [-0.05, 0) is 53.2 Å². The number of hydrogen-bond donors (Lipinski definition) is 1. The number of thioether (sulfide) groups is 1. The molecule has 5 heteroatoms. The molecule has 1 N–H and O–H groups in total. The van der Waals surface area contributed by atoms with Crippen LogP contribution < -0.4 is 0 Å². The minimum absolute atomic E-state index is 0.00901. The van der Waals surface area contributed by atoms with Crippen molar-refractivity contribution in [3.8, 4) is 5.75 Å². The molecule has 1 aromatic heterocycles. The van der Waals surface area contributed by atoms with Gasteiger partial charge in [-0.25, -0.2) is 4.98 Å². The van der Waals surface area contributed by atoms with Crippen molar-refractivity contribution >= 4 is 33.5 Å². The third-order valence-electron chi connectivity index (χ3n) is 2.58. The Morgan fingerprint density at radius 3 is 2.89 bits per heavy atom. The Morgan fingerprint density at radius 2 is 2.21 bits per heavy atom. The lowest BCUT2D eigenvalue weighted by Gasteiger charge is -2.07. The van der Waals surface area contributed by atoms with E-state index in [9.17, 15) is 9.90 Å². The van der Waals surface area contributed by atoms with Gasteiger partial charge < -0.3 is 5.11 Å². The van der Waals surface area contributed by atoms with Gasteiger partial charge in [0.25, 0.3) is 0 Å². The van der Waals surface area contributed by atoms with Crippen LogP contribution in [-0.4, -0.2) is 15.9 Å². The van der Waals surface area contributed by atoms with Crippen LogP contribution >= 0.6 is 27.7 Å². The summed E-state index contributed by atoms with van der Waals surface area (Å²) in [7, 11) is 0. The van der Waals surface area contributed by atoms with Gasteiger partial charge in [-0.1, -0.05) is 0 Å². The first-order chi connectivity index (χ1) is 9.08. The van der Waals surface area contributed by atoms with Gasteiger partial charge in [0.05, 0.1) is 0 Å². The predicted molar refractivity (Wildman–Crippen MR) is 79.6 cm³/mol. The molecule has 1 aromatic carbocycles. The summed E-state index contributed by atoms with van der Waals surface area (Å²) in [5.74, 6) is 0.748. The van der Waals surface area contributed by atoms with E-state index in [1.165, 1.54) is 18.7 Å². The Bertz CT molecular complexity index is 616. The minimum atomic E-state index is -0.00901. The van der Waals surface area contributed by atoms with E-state index in [1.54, 1.807) is 24.4 Å². The van der Waals surface area contributed by atoms with Crippen molar-refractivity contribution < 1.29 is 9.90 Å². The van der Waals surface area contributed by atoms with Crippen LogP contribution in [0.2, 0.25) is 0 Å². The van der Waals surface area contributed by atoms with Gasteiger partial charge in [0.1, 0.15) is 10.8 Å². The largest absolute Gasteiger partial charge is 0.508 e. The second-order valence-corrected chi connectivity index (χ2v) is 5.80. The van der Waals surface area contributed by atoms with Crippen LogP contribution in [0.25, 0.3) is 0 Å². The molecule has 0 fully saturated rings. The van der Waals surface area contributed by atoms with Crippen molar-refractivity contribution in [2.75, 3.05) is 0 Å². The first-order valence-corrected chi connectivity index (χ1v) is 7.42. The Kier molecular flexibility index (Phi) is 4.61. The van der Waals surface area contributed by atoms with Gasteiger partial charge in [0.15, 0.2) is 5.78 Å². The maximum Gasteiger partial charge on any atom is 0.159 e. The molecule has 3 nitrogen and oxygen atoms in total. The number of carbonyl (C=O) groups excluding carboxylic acids is 1. The topological polar surface area (TPSA) is 50.2 Å². The molecule has 0 amide bonds. The molecule has 98 valence electrons. The van der Waals surface area contributed by atoms with E-state index in [2.05, 4.69) is 20.9 Å². The van der Waals surface area contributed by atoms with Gasteiger partial charge in [0, 0.05) is 27.5 Å². The highest BCUT2D eigenvalue weighted by Crippen LogP contribution is 2.30. The first kappa shape index (κ1) is 14.1. The van der Waals surface area contributed by atoms with Crippen LogP contribution in [0.15, 0.2) is 46.0 Å². The number of carbonyl (C=O) groups is 1. The fourth-order valence-corrected chi connectivity index (χ4v) is 3.01. The lowest BCUT2D eigenvalue weighted by molar-refractivity contribution is 0.101. The summed E-state index contributed by atoms with van der Waals surface area (Å²) < 4.78 is 0.919. The number of pyridine rings is 1. The summed E-state index contributed by atoms with van der Waals surface area (Å²) in [6, 6.07) is 8.67. The molecular formula is C14H12BrNO2S. The van der Waals surface area contributed by atoms with E-state index in [4.69, 9.17) is 0 Å². The summed E-state index contributed by atoms with van der Waals surface area (Å²) >= 11 is 4.93. The molecule has 0 saturated carbocycles. The third kappa shape index (κ3) is 3.58. The van der Waals surface area contributed by atoms with Crippen LogP contribution in [-0.2, 0) is 5.75 Å². The van der Waals surface area contributed by atoms with E-state index in [0.29, 0.717) is 11.3 Å². The number of halogens is 1. The molecule has 0 bridgehead atoms. The van der Waals surface area contributed by atoms with Gasteiger partial charge in [0.2, 0.25) is 0 Å². The van der Waals surface area contributed by atoms with Crippen LogP contribution in [0.1, 0.15) is 22.8 Å². The highest BCUT2D eigenvalue weighted by atomic mass is 79.9. The Hall–Kier alpha value is -1.33. The molecule has 0 atom stereocenters.